The number of hydrogen-bond donors (Lipinski definition) is 8. The fourth-order valence-corrected chi connectivity index (χ4v) is 3.83. The number of H-pyrrole nitrogens is 1. The van der Waals surface area contributed by atoms with E-state index >= 15 is 0 Å². The summed E-state index contributed by atoms with van der Waals surface area (Å²) in [5.41, 5.74) is 7.32. The van der Waals surface area contributed by atoms with Gasteiger partial charge in [-0.15, -0.1) is 0 Å². The third-order valence-electron chi connectivity index (χ3n) is 5.94. The first-order valence-corrected chi connectivity index (χ1v) is 12.1. The van der Waals surface area contributed by atoms with Gasteiger partial charge in [0.1, 0.15) is 18.1 Å². The van der Waals surface area contributed by atoms with Crippen LogP contribution in [-0.2, 0) is 25.6 Å². The van der Waals surface area contributed by atoms with Crippen LogP contribution < -0.4 is 21.7 Å². The number of benzene rings is 1. The molecule has 0 saturated heterocycles. The van der Waals surface area contributed by atoms with Gasteiger partial charge in [-0.05, 0) is 37.8 Å². The van der Waals surface area contributed by atoms with Crippen molar-refractivity contribution in [1.29, 1.82) is 0 Å². The van der Waals surface area contributed by atoms with Crippen molar-refractivity contribution in [2.45, 2.75) is 76.9 Å². The molecule has 204 valence electrons. The Morgan fingerprint density at radius 3 is 2.05 bits per heavy atom. The summed E-state index contributed by atoms with van der Waals surface area (Å²) in [7, 11) is 0. The fourth-order valence-electron chi connectivity index (χ4n) is 3.83. The van der Waals surface area contributed by atoms with Crippen LogP contribution in [0.5, 0.6) is 0 Å². The van der Waals surface area contributed by atoms with Crippen molar-refractivity contribution in [3.63, 3.8) is 0 Å². The Balaban J connectivity index is 2.31. The third-order valence-corrected chi connectivity index (χ3v) is 5.94. The second-order valence-electron chi connectivity index (χ2n) is 9.65. The van der Waals surface area contributed by atoms with Crippen LogP contribution in [0.25, 0.3) is 10.9 Å². The third kappa shape index (κ3) is 8.27. The number of carboxylic acids is 1. The number of aliphatic hydroxyl groups is 2. The smallest absolute Gasteiger partial charge is 0.328 e. The highest BCUT2D eigenvalue weighted by Crippen LogP contribution is 2.19. The van der Waals surface area contributed by atoms with E-state index in [1.807, 2.05) is 38.1 Å². The Hall–Kier alpha value is -3.48. The number of hydrogen-bond acceptors (Lipinski definition) is 7. The summed E-state index contributed by atoms with van der Waals surface area (Å²) in [5.74, 6) is -3.71. The molecule has 1 aromatic carbocycles. The molecule has 37 heavy (non-hydrogen) atoms. The maximum atomic E-state index is 13.4. The molecule has 0 saturated carbocycles. The van der Waals surface area contributed by atoms with Crippen LogP contribution in [0.15, 0.2) is 30.5 Å². The number of fused-ring (bicyclic) bond motifs is 1. The summed E-state index contributed by atoms with van der Waals surface area (Å²) in [6.45, 7) is 6.22. The first-order valence-electron chi connectivity index (χ1n) is 12.1. The van der Waals surface area contributed by atoms with Crippen LogP contribution >= 0.6 is 0 Å². The second kappa shape index (κ2) is 13.2. The van der Waals surface area contributed by atoms with Gasteiger partial charge in [0.2, 0.25) is 17.7 Å². The highest BCUT2D eigenvalue weighted by Gasteiger charge is 2.33. The number of nitrogens with two attached hydrogens (primary N) is 1. The van der Waals surface area contributed by atoms with Gasteiger partial charge >= 0.3 is 5.97 Å². The summed E-state index contributed by atoms with van der Waals surface area (Å²) < 4.78 is 0. The molecule has 1 heterocycles. The second-order valence-corrected chi connectivity index (χ2v) is 9.65. The van der Waals surface area contributed by atoms with Crippen molar-refractivity contribution < 1.29 is 34.5 Å². The average Bonchev–Trinajstić information content (AvgIpc) is 3.22. The van der Waals surface area contributed by atoms with Crippen LogP contribution in [0.1, 0.15) is 39.7 Å². The molecule has 9 N–H and O–H groups in total. The molecule has 2 rings (SSSR count). The van der Waals surface area contributed by atoms with E-state index in [2.05, 4.69) is 20.9 Å². The minimum absolute atomic E-state index is 0.0511. The number of aromatic nitrogens is 1. The number of carbonyl (C=O) groups excluding carboxylic acids is 3. The van der Waals surface area contributed by atoms with E-state index in [9.17, 15) is 34.5 Å². The van der Waals surface area contributed by atoms with Crippen LogP contribution in [0.3, 0.4) is 0 Å². The van der Waals surface area contributed by atoms with Crippen LogP contribution in [0.2, 0.25) is 0 Å². The first kappa shape index (κ1) is 29.7. The van der Waals surface area contributed by atoms with Gasteiger partial charge in [-0.1, -0.05) is 32.0 Å². The van der Waals surface area contributed by atoms with Gasteiger partial charge in [0.25, 0.3) is 0 Å². The lowest BCUT2D eigenvalue weighted by Crippen LogP contribution is -2.59. The first-order chi connectivity index (χ1) is 17.3. The van der Waals surface area contributed by atoms with E-state index in [0.717, 1.165) is 16.5 Å². The lowest BCUT2D eigenvalue weighted by molar-refractivity contribution is -0.145. The fraction of sp³-hybridized carbons (Fsp3) is 0.520. The number of carboxylic acid groups (broad SMARTS) is 1. The van der Waals surface area contributed by atoms with Gasteiger partial charge in [0.05, 0.1) is 12.2 Å². The zero-order chi connectivity index (χ0) is 27.9. The summed E-state index contributed by atoms with van der Waals surface area (Å²) in [6, 6.07) is 2.26. The van der Waals surface area contributed by atoms with Gasteiger partial charge in [-0.3, -0.25) is 14.4 Å². The Kier molecular flexibility index (Phi) is 10.6. The SMILES string of the molecule is CC(C)CC(NC(=O)C(Cc1c[nH]c2ccccc12)NC(=O)C(N)C(C)O)C(=O)NC(C(=O)O)C(C)O. The standard InChI is InChI=1S/C25H37N5O7/c1-12(2)9-18(23(34)30-21(14(4)32)25(36)37)28-22(33)19(29-24(35)20(26)13(3)31)10-15-11-27-17-8-6-5-7-16(15)17/h5-8,11-14,18-21,27,31-32H,9-10,26H2,1-4H3,(H,28,33)(H,29,35)(H,30,34)(H,36,37). The topological polar surface area (TPSA) is 207 Å². The molecule has 0 fully saturated rings. The molecule has 0 bridgehead atoms. The minimum atomic E-state index is -1.56. The molecule has 6 atom stereocenters. The molecule has 12 heteroatoms. The predicted octanol–water partition coefficient (Wildman–Crippen LogP) is -0.616. The number of nitrogens with one attached hydrogen (secondary N) is 4. The van der Waals surface area contributed by atoms with E-state index in [1.54, 1.807) is 6.20 Å². The zero-order valence-electron chi connectivity index (χ0n) is 21.4. The number of aliphatic hydroxyl groups excluding tert-OH is 2. The van der Waals surface area contributed by atoms with Crippen molar-refractivity contribution >= 4 is 34.6 Å². The predicted molar refractivity (Wildman–Crippen MR) is 136 cm³/mol. The molecular formula is C25H37N5O7. The highest BCUT2D eigenvalue weighted by atomic mass is 16.4. The minimum Gasteiger partial charge on any atom is -0.480 e. The van der Waals surface area contributed by atoms with E-state index < -0.39 is 60.1 Å². The molecule has 0 spiro atoms. The van der Waals surface area contributed by atoms with Crippen LogP contribution in [0, 0.1) is 5.92 Å². The Labute approximate surface area is 215 Å². The monoisotopic (exact) mass is 519 g/mol. The zero-order valence-corrected chi connectivity index (χ0v) is 21.4. The van der Waals surface area contributed by atoms with Gasteiger partial charge in [0.15, 0.2) is 6.04 Å². The molecule has 3 amide bonds. The number of para-hydroxylation sites is 1. The Morgan fingerprint density at radius 1 is 0.892 bits per heavy atom. The summed E-state index contributed by atoms with van der Waals surface area (Å²) in [5, 5.41) is 37.0. The lowest BCUT2D eigenvalue weighted by Gasteiger charge is -2.27. The molecule has 0 radical (unpaired) electrons. The van der Waals surface area contributed by atoms with Gasteiger partial charge in [0, 0.05) is 23.5 Å². The molecule has 1 aromatic heterocycles. The number of rotatable bonds is 13. The summed E-state index contributed by atoms with van der Waals surface area (Å²) >= 11 is 0. The normalized spacial score (nSPS) is 16.3. The Morgan fingerprint density at radius 2 is 1.49 bits per heavy atom. The molecule has 2 aromatic rings. The van der Waals surface area contributed by atoms with Gasteiger partial charge in [-0.2, -0.15) is 0 Å². The number of carbonyl (C=O) groups is 4. The van der Waals surface area contributed by atoms with Crippen molar-refractivity contribution in [3.8, 4) is 0 Å². The van der Waals surface area contributed by atoms with Crippen molar-refractivity contribution in [2.24, 2.45) is 11.7 Å². The molecule has 0 aliphatic heterocycles. The maximum absolute atomic E-state index is 13.4. The van der Waals surface area contributed by atoms with Crippen LogP contribution in [-0.4, -0.2) is 80.4 Å². The number of aliphatic carboxylic acids is 1. The van der Waals surface area contributed by atoms with E-state index in [-0.39, 0.29) is 18.8 Å². The summed E-state index contributed by atoms with van der Waals surface area (Å²) in [4.78, 5) is 53.5. The number of aromatic amines is 1. The highest BCUT2D eigenvalue weighted by molar-refractivity contribution is 5.95. The Bertz CT molecular complexity index is 1100. The van der Waals surface area contributed by atoms with E-state index in [1.165, 1.54) is 13.8 Å². The average molecular weight is 520 g/mol. The lowest BCUT2D eigenvalue weighted by atomic mass is 10.00. The quantitative estimate of drug-likeness (QED) is 0.171. The van der Waals surface area contributed by atoms with Gasteiger partial charge < -0.3 is 42.0 Å². The molecular weight excluding hydrogens is 482 g/mol. The van der Waals surface area contributed by atoms with Crippen molar-refractivity contribution in [3.05, 3.63) is 36.0 Å². The molecule has 6 unspecified atom stereocenters. The summed E-state index contributed by atoms with van der Waals surface area (Å²) in [6.07, 6.45) is -0.595. The number of amides is 3. The van der Waals surface area contributed by atoms with E-state index in [0.29, 0.717) is 0 Å². The van der Waals surface area contributed by atoms with E-state index in [4.69, 9.17) is 5.73 Å². The largest absolute Gasteiger partial charge is 0.480 e. The maximum Gasteiger partial charge on any atom is 0.328 e. The van der Waals surface area contributed by atoms with Crippen molar-refractivity contribution in [1.82, 2.24) is 20.9 Å². The molecule has 0 aliphatic carbocycles. The molecule has 0 aliphatic rings. The van der Waals surface area contributed by atoms with Crippen molar-refractivity contribution in [2.75, 3.05) is 0 Å². The van der Waals surface area contributed by atoms with Gasteiger partial charge in [-0.25, -0.2) is 4.79 Å². The molecule has 12 nitrogen and oxygen atoms in total. The van der Waals surface area contributed by atoms with Crippen LogP contribution in [0.4, 0.5) is 0 Å².